The van der Waals surface area contributed by atoms with Gasteiger partial charge in [-0.15, -0.1) is 0 Å². The molecule has 0 amide bonds. The number of benzene rings is 1. The highest BCUT2D eigenvalue weighted by Gasteiger charge is 2.34. The maximum Gasteiger partial charge on any atom is 0.416 e. The van der Waals surface area contributed by atoms with E-state index in [1.807, 2.05) is 6.92 Å². The summed E-state index contributed by atoms with van der Waals surface area (Å²) in [5, 5.41) is 3.31. The van der Waals surface area contributed by atoms with Gasteiger partial charge in [0.1, 0.15) is 0 Å². The second-order valence-corrected chi connectivity index (χ2v) is 6.48. The maximum absolute atomic E-state index is 13.1. The lowest BCUT2D eigenvalue weighted by molar-refractivity contribution is -0.138. The third-order valence-electron chi connectivity index (χ3n) is 4.40. The second kappa shape index (κ2) is 7.64. The zero-order chi connectivity index (χ0) is 17.0. The van der Waals surface area contributed by atoms with E-state index >= 15 is 0 Å². The predicted octanol–water partition coefficient (Wildman–Crippen LogP) is 2.99. The van der Waals surface area contributed by atoms with Gasteiger partial charge in [-0.25, -0.2) is 0 Å². The summed E-state index contributed by atoms with van der Waals surface area (Å²) < 4.78 is 39.3. The zero-order valence-electron chi connectivity index (χ0n) is 14.0. The molecule has 6 heteroatoms. The standard InChI is InChI=1S/C17H26F3N3/c1-13(12-23-10-8-22(3)9-11-23)21-14(2)15-6-4-5-7-16(15)17(18,19)20/h4-7,13-14,21H,8-12H2,1-3H3/t13-,14-/m1/s1. The first-order valence-electron chi connectivity index (χ1n) is 8.10. The molecule has 0 spiro atoms. The Hall–Kier alpha value is -1.11. The van der Waals surface area contributed by atoms with Gasteiger partial charge in [-0.1, -0.05) is 18.2 Å². The lowest BCUT2D eigenvalue weighted by atomic mass is 10.0. The molecule has 1 saturated heterocycles. The first-order chi connectivity index (χ1) is 10.8. The fourth-order valence-corrected chi connectivity index (χ4v) is 3.12. The van der Waals surface area contributed by atoms with Crippen LogP contribution in [0.25, 0.3) is 0 Å². The van der Waals surface area contributed by atoms with Crippen LogP contribution in [-0.2, 0) is 6.18 Å². The van der Waals surface area contributed by atoms with Crippen molar-refractivity contribution in [1.29, 1.82) is 0 Å². The molecule has 2 rings (SSSR count). The highest BCUT2D eigenvalue weighted by atomic mass is 19.4. The molecule has 1 N–H and O–H groups in total. The van der Waals surface area contributed by atoms with E-state index in [9.17, 15) is 13.2 Å². The van der Waals surface area contributed by atoms with E-state index < -0.39 is 11.7 Å². The number of nitrogens with one attached hydrogen (secondary N) is 1. The number of piperazine rings is 1. The predicted molar refractivity (Wildman–Crippen MR) is 86.4 cm³/mol. The molecule has 0 aliphatic carbocycles. The summed E-state index contributed by atoms with van der Waals surface area (Å²) in [4.78, 5) is 4.65. The van der Waals surface area contributed by atoms with Gasteiger partial charge in [0.15, 0.2) is 0 Å². The minimum atomic E-state index is -4.31. The van der Waals surface area contributed by atoms with Gasteiger partial charge in [0.05, 0.1) is 5.56 Å². The van der Waals surface area contributed by atoms with Crippen LogP contribution in [0, 0.1) is 0 Å². The van der Waals surface area contributed by atoms with Crippen molar-refractivity contribution in [3.8, 4) is 0 Å². The minimum absolute atomic E-state index is 0.134. The van der Waals surface area contributed by atoms with Crippen LogP contribution in [0.5, 0.6) is 0 Å². The average molecular weight is 329 g/mol. The molecular formula is C17H26F3N3. The fraction of sp³-hybridized carbons (Fsp3) is 0.647. The minimum Gasteiger partial charge on any atom is -0.306 e. The lowest BCUT2D eigenvalue weighted by Gasteiger charge is -2.35. The van der Waals surface area contributed by atoms with E-state index in [1.54, 1.807) is 19.1 Å². The zero-order valence-corrected chi connectivity index (χ0v) is 14.0. The van der Waals surface area contributed by atoms with Gasteiger partial charge in [0.25, 0.3) is 0 Å². The highest BCUT2D eigenvalue weighted by molar-refractivity contribution is 5.32. The number of hydrogen-bond donors (Lipinski definition) is 1. The molecule has 130 valence electrons. The molecule has 0 bridgehead atoms. The third kappa shape index (κ3) is 5.19. The normalized spacial score (nSPS) is 20.4. The SMILES string of the molecule is C[C@H](CN1CCN(C)CC1)N[C@H](C)c1ccccc1C(F)(F)F. The van der Waals surface area contributed by atoms with Gasteiger partial charge in [-0.2, -0.15) is 13.2 Å². The third-order valence-corrected chi connectivity index (χ3v) is 4.40. The van der Waals surface area contributed by atoms with Crippen LogP contribution in [0.2, 0.25) is 0 Å². The lowest BCUT2D eigenvalue weighted by Crippen LogP contribution is -2.49. The van der Waals surface area contributed by atoms with Crippen molar-refractivity contribution in [2.45, 2.75) is 32.1 Å². The second-order valence-electron chi connectivity index (χ2n) is 6.48. The Kier molecular flexibility index (Phi) is 6.06. The van der Waals surface area contributed by atoms with Crippen molar-refractivity contribution in [2.24, 2.45) is 0 Å². The van der Waals surface area contributed by atoms with Crippen molar-refractivity contribution in [3.63, 3.8) is 0 Å². The smallest absolute Gasteiger partial charge is 0.306 e. The Morgan fingerprint density at radius 1 is 1.09 bits per heavy atom. The van der Waals surface area contributed by atoms with E-state index in [2.05, 4.69) is 22.2 Å². The Bertz CT molecular complexity index is 496. The fourth-order valence-electron chi connectivity index (χ4n) is 3.12. The largest absolute Gasteiger partial charge is 0.416 e. The van der Waals surface area contributed by atoms with Crippen LogP contribution in [0.4, 0.5) is 13.2 Å². The average Bonchev–Trinajstić information content (AvgIpc) is 2.48. The Labute approximate surface area is 136 Å². The van der Waals surface area contributed by atoms with Crippen LogP contribution < -0.4 is 5.32 Å². The molecule has 1 heterocycles. The van der Waals surface area contributed by atoms with Crippen molar-refractivity contribution in [1.82, 2.24) is 15.1 Å². The highest BCUT2D eigenvalue weighted by Crippen LogP contribution is 2.34. The van der Waals surface area contributed by atoms with Crippen molar-refractivity contribution < 1.29 is 13.2 Å². The summed E-state index contributed by atoms with van der Waals surface area (Å²) in [6.45, 7) is 8.78. The van der Waals surface area contributed by atoms with Crippen molar-refractivity contribution in [3.05, 3.63) is 35.4 Å². The molecule has 3 nitrogen and oxygen atoms in total. The Morgan fingerprint density at radius 3 is 2.30 bits per heavy atom. The van der Waals surface area contributed by atoms with Crippen LogP contribution in [-0.4, -0.2) is 55.6 Å². The number of rotatable bonds is 5. The molecule has 1 aromatic carbocycles. The Balaban J connectivity index is 1.95. The molecule has 0 aromatic heterocycles. The van der Waals surface area contributed by atoms with Gasteiger partial charge in [-0.3, -0.25) is 4.90 Å². The van der Waals surface area contributed by atoms with Crippen LogP contribution in [0.3, 0.4) is 0 Å². The number of nitrogens with zero attached hydrogens (tertiary/aromatic N) is 2. The van der Waals surface area contributed by atoms with E-state index in [0.717, 1.165) is 38.8 Å². The number of halogens is 3. The molecule has 0 unspecified atom stereocenters. The van der Waals surface area contributed by atoms with Crippen LogP contribution in [0.15, 0.2) is 24.3 Å². The number of hydrogen-bond acceptors (Lipinski definition) is 3. The molecule has 1 aliphatic heterocycles. The molecule has 0 saturated carbocycles. The Morgan fingerprint density at radius 2 is 1.70 bits per heavy atom. The van der Waals surface area contributed by atoms with Gasteiger partial charge < -0.3 is 10.2 Å². The summed E-state index contributed by atoms with van der Waals surface area (Å²) in [5.41, 5.74) is -0.239. The maximum atomic E-state index is 13.1. The van der Waals surface area contributed by atoms with Crippen molar-refractivity contribution >= 4 is 0 Å². The quantitative estimate of drug-likeness (QED) is 0.896. The monoisotopic (exact) mass is 329 g/mol. The summed E-state index contributed by atoms with van der Waals surface area (Å²) in [5.74, 6) is 0. The molecule has 23 heavy (non-hydrogen) atoms. The first-order valence-corrected chi connectivity index (χ1v) is 8.10. The van der Waals surface area contributed by atoms with Crippen molar-refractivity contribution in [2.75, 3.05) is 39.8 Å². The molecule has 1 aliphatic rings. The topological polar surface area (TPSA) is 18.5 Å². The van der Waals surface area contributed by atoms with Gasteiger partial charge in [-0.05, 0) is 32.5 Å². The van der Waals surface area contributed by atoms with Gasteiger partial charge >= 0.3 is 6.18 Å². The van der Waals surface area contributed by atoms with E-state index in [1.165, 1.54) is 6.07 Å². The summed E-state index contributed by atoms with van der Waals surface area (Å²) in [7, 11) is 2.11. The van der Waals surface area contributed by atoms with E-state index in [0.29, 0.717) is 5.56 Å². The molecule has 1 fully saturated rings. The first kappa shape index (κ1) is 18.2. The molecule has 0 radical (unpaired) electrons. The number of likely N-dealkylation sites (N-methyl/N-ethyl adjacent to an activating group) is 1. The molecule has 2 atom stereocenters. The van der Waals surface area contributed by atoms with Gasteiger partial charge in [0.2, 0.25) is 0 Å². The number of alkyl halides is 3. The van der Waals surface area contributed by atoms with Crippen LogP contribution in [0.1, 0.15) is 31.0 Å². The summed E-state index contributed by atoms with van der Waals surface area (Å²) >= 11 is 0. The van der Waals surface area contributed by atoms with Crippen LogP contribution >= 0.6 is 0 Å². The van der Waals surface area contributed by atoms with E-state index in [4.69, 9.17) is 0 Å². The summed E-state index contributed by atoms with van der Waals surface area (Å²) in [6, 6.07) is 5.60. The molecule has 1 aromatic rings. The molecular weight excluding hydrogens is 303 g/mol. The van der Waals surface area contributed by atoms with E-state index in [-0.39, 0.29) is 12.1 Å². The van der Waals surface area contributed by atoms with Gasteiger partial charge in [0, 0.05) is 44.8 Å². The summed E-state index contributed by atoms with van der Waals surface area (Å²) in [6.07, 6.45) is -4.31.